The van der Waals surface area contributed by atoms with Crippen molar-refractivity contribution in [1.29, 1.82) is 0 Å². The summed E-state index contributed by atoms with van der Waals surface area (Å²) in [5.74, 6) is -0.918. The molecule has 0 aliphatic rings. The highest BCUT2D eigenvalue weighted by Gasteiger charge is 2.19. The second kappa shape index (κ2) is 52.0. The zero-order valence-electron chi connectivity index (χ0n) is 41.8. The Kier molecular flexibility index (Phi) is 49.8. The maximum Gasteiger partial charge on any atom is 0.306 e. The number of allylic oxidation sites excluding steroid dienone is 8. The number of carbonyl (C=O) groups excluding carboxylic acids is 3. The Hall–Kier alpha value is -2.63. The van der Waals surface area contributed by atoms with E-state index in [0.717, 1.165) is 70.6 Å². The molecule has 0 saturated heterocycles. The van der Waals surface area contributed by atoms with Gasteiger partial charge in [-0.05, 0) is 83.5 Å². The van der Waals surface area contributed by atoms with Crippen LogP contribution in [0.2, 0.25) is 0 Å². The van der Waals surface area contributed by atoms with Crippen molar-refractivity contribution in [2.24, 2.45) is 0 Å². The van der Waals surface area contributed by atoms with Crippen LogP contribution in [0.5, 0.6) is 0 Å². The summed E-state index contributed by atoms with van der Waals surface area (Å²) in [5.41, 5.74) is 0. The van der Waals surface area contributed by atoms with Crippen LogP contribution in [0.25, 0.3) is 0 Å². The van der Waals surface area contributed by atoms with Crippen molar-refractivity contribution in [3.05, 3.63) is 48.6 Å². The molecule has 63 heavy (non-hydrogen) atoms. The maximum absolute atomic E-state index is 12.8. The highest BCUT2D eigenvalue weighted by Crippen LogP contribution is 2.15. The fraction of sp³-hybridized carbons (Fsp3) is 0.807. The molecule has 0 unspecified atom stereocenters. The number of ether oxygens (including phenoxy) is 3. The van der Waals surface area contributed by atoms with Crippen LogP contribution in [-0.2, 0) is 28.6 Å². The van der Waals surface area contributed by atoms with Gasteiger partial charge in [0.2, 0.25) is 0 Å². The molecule has 0 N–H and O–H groups in total. The highest BCUT2D eigenvalue weighted by molar-refractivity contribution is 5.71. The van der Waals surface area contributed by atoms with Crippen LogP contribution < -0.4 is 0 Å². The summed E-state index contributed by atoms with van der Waals surface area (Å²) in [4.78, 5) is 38.0. The van der Waals surface area contributed by atoms with E-state index in [4.69, 9.17) is 14.2 Å². The van der Waals surface area contributed by atoms with Crippen molar-refractivity contribution >= 4 is 17.9 Å². The Balaban J connectivity index is 4.42. The normalized spacial score (nSPS) is 12.4. The van der Waals surface area contributed by atoms with Crippen molar-refractivity contribution in [2.75, 3.05) is 13.2 Å². The van der Waals surface area contributed by atoms with Gasteiger partial charge >= 0.3 is 17.9 Å². The third-order valence-corrected chi connectivity index (χ3v) is 11.8. The first kappa shape index (κ1) is 60.4. The van der Waals surface area contributed by atoms with Gasteiger partial charge in [-0.25, -0.2) is 0 Å². The summed E-state index contributed by atoms with van der Waals surface area (Å²) in [6, 6.07) is 0. The number of carbonyl (C=O) groups is 3. The maximum atomic E-state index is 12.8. The van der Waals surface area contributed by atoms with E-state index in [9.17, 15) is 14.4 Å². The SMILES string of the molecule is CCCCC/C=C\C/C=C\C/C=C\CCCCC(=O)OC[C@H](COC(=O)CCCCCCCCC/C=C\CCCCCC)OC(=O)CCCCCCCCCCCCCCCCC. The molecule has 0 radical (unpaired) electrons. The molecule has 0 aromatic heterocycles. The van der Waals surface area contributed by atoms with Crippen molar-refractivity contribution in [1.82, 2.24) is 0 Å². The van der Waals surface area contributed by atoms with Crippen LogP contribution in [0, 0.1) is 0 Å². The lowest BCUT2D eigenvalue weighted by molar-refractivity contribution is -0.167. The number of hydrogen-bond donors (Lipinski definition) is 0. The number of rotatable bonds is 49. The molecule has 0 heterocycles. The van der Waals surface area contributed by atoms with Crippen LogP contribution in [-0.4, -0.2) is 37.2 Å². The van der Waals surface area contributed by atoms with Gasteiger partial charge in [-0.2, -0.15) is 0 Å². The van der Waals surface area contributed by atoms with Crippen LogP contribution in [0.1, 0.15) is 278 Å². The largest absolute Gasteiger partial charge is 0.462 e. The standard InChI is InChI=1S/C57H102O6/c1-4-7-10-13-16-19-22-25-28-31-34-37-40-43-46-49-55(58)61-52-54(63-57(60)51-48-45-42-39-36-33-30-27-24-21-18-15-12-9-6-3)53-62-56(59)50-47-44-41-38-35-32-29-26-23-20-17-14-11-8-5-2/h16,19-20,23,25,28,34,37,54H,4-15,17-18,21-22,24,26-27,29-33,35-36,38-53H2,1-3H3/b19-16-,23-20-,28-25-,37-34-/t54-/m1/s1. The summed E-state index contributed by atoms with van der Waals surface area (Å²) in [7, 11) is 0. The van der Waals surface area contributed by atoms with E-state index in [0.29, 0.717) is 19.3 Å². The monoisotopic (exact) mass is 883 g/mol. The Labute approximate surface area is 390 Å². The fourth-order valence-corrected chi connectivity index (χ4v) is 7.68. The molecule has 0 aliphatic heterocycles. The molecule has 0 saturated carbocycles. The van der Waals surface area contributed by atoms with Gasteiger partial charge in [0, 0.05) is 19.3 Å². The van der Waals surface area contributed by atoms with Gasteiger partial charge in [0.05, 0.1) is 0 Å². The zero-order chi connectivity index (χ0) is 45.8. The Morgan fingerprint density at radius 2 is 0.571 bits per heavy atom. The molecule has 0 spiro atoms. The topological polar surface area (TPSA) is 78.9 Å². The predicted octanol–water partition coefficient (Wildman–Crippen LogP) is 17.9. The van der Waals surface area contributed by atoms with Crippen LogP contribution in [0.3, 0.4) is 0 Å². The predicted molar refractivity (Wildman–Crippen MR) is 270 cm³/mol. The van der Waals surface area contributed by atoms with Gasteiger partial charge in [-0.15, -0.1) is 0 Å². The van der Waals surface area contributed by atoms with Crippen molar-refractivity contribution in [3.63, 3.8) is 0 Å². The molecule has 0 fully saturated rings. The zero-order valence-corrected chi connectivity index (χ0v) is 41.8. The number of hydrogen-bond acceptors (Lipinski definition) is 6. The minimum absolute atomic E-state index is 0.0849. The molecule has 0 rings (SSSR count). The third kappa shape index (κ3) is 50.2. The van der Waals surface area contributed by atoms with Gasteiger partial charge in [0.1, 0.15) is 13.2 Å². The second-order valence-corrected chi connectivity index (χ2v) is 18.1. The summed E-state index contributed by atoms with van der Waals surface area (Å²) < 4.78 is 16.8. The van der Waals surface area contributed by atoms with Crippen molar-refractivity contribution in [3.8, 4) is 0 Å². The summed E-state index contributed by atoms with van der Waals surface area (Å²) in [6.45, 7) is 6.58. The molecule has 6 heteroatoms. The molecule has 0 bridgehead atoms. The molecule has 366 valence electrons. The van der Waals surface area contributed by atoms with E-state index < -0.39 is 6.10 Å². The number of esters is 3. The molecular formula is C57H102O6. The summed E-state index contributed by atoms with van der Waals surface area (Å²) in [6.07, 6.45) is 62.3. The first-order chi connectivity index (χ1) is 31.0. The minimum Gasteiger partial charge on any atom is -0.462 e. The van der Waals surface area contributed by atoms with E-state index in [-0.39, 0.29) is 31.1 Å². The molecule has 0 amide bonds. The highest BCUT2D eigenvalue weighted by atomic mass is 16.6. The lowest BCUT2D eigenvalue weighted by atomic mass is 10.0. The Morgan fingerprint density at radius 3 is 0.984 bits per heavy atom. The Morgan fingerprint density at radius 1 is 0.317 bits per heavy atom. The van der Waals surface area contributed by atoms with Gasteiger partial charge in [-0.3, -0.25) is 14.4 Å². The van der Waals surface area contributed by atoms with E-state index >= 15 is 0 Å². The van der Waals surface area contributed by atoms with Crippen molar-refractivity contribution in [2.45, 2.75) is 284 Å². The molecule has 0 aliphatic carbocycles. The molecule has 0 aromatic rings. The lowest BCUT2D eigenvalue weighted by Crippen LogP contribution is -2.30. The average molecular weight is 883 g/mol. The third-order valence-electron chi connectivity index (χ3n) is 11.8. The summed E-state index contributed by atoms with van der Waals surface area (Å²) in [5, 5.41) is 0. The van der Waals surface area contributed by atoms with Gasteiger partial charge in [0.15, 0.2) is 6.10 Å². The smallest absolute Gasteiger partial charge is 0.306 e. The van der Waals surface area contributed by atoms with Gasteiger partial charge in [0.25, 0.3) is 0 Å². The molecule has 0 aromatic carbocycles. The number of unbranched alkanes of at least 4 members (excludes halogenated alkanes) is 30. The molecule has 1 atom stereocenters. The first-order valence-corrected chi connectivity index (χ1v) is 27.1. The van der Waals surface area contributed by atoms with E-state index in [1.807, 2.05) is 0 Å². The summed E-state index contributed by atoms with van der Waals surface area (Å²) >= 11 is 0. The average Bonchev–Trinajstić information content (AvgIpc) is 3.28. The minimum atomic E-state index is -0.787. The second-order valence-electron chi connectivity index (χ2n) is 18.1. The van der Waals surface area contributed by atoms with Gasteiger partial charge < -0.3 is 14.2 Å². The molecule has 6 nitrogen and oxygen atoms in total. The lowest BCUT2D eigenvalue weighted by Gasteiger charge is -2.18. The van der Waals surface area contributed by atoms with Crippen LogP contribution in [0.4, 0.5) is 0 Å². The van der Waals surface area contributed by atoms with E-state index in [1.54, 1.807) is 0 Å². The quantitative estimate of drug-likeness (QED) is 0.0262. The molecular weight excluding hydrogens is 781 g/mol. The first-order valence-electron chi connectivity index (χ1n) is 27.1. The van der Waals surface area contributed by atoms with Crippen LogP contribution in [0.15, 0.2) is 48.6 Å². The Bertz CT molecular complexity index is 1110. The fourth-order valence-electron chi connectivity index (χ4n) is 7.68. The van der Waals surface area contributed by atoms with E-state index in [1.165, 1.54) is 167 Å². The van der Waals surface area contributed by atoms with E-state index in [2.05, 4.69) is 69.4 Å². The van der Waals surface area contributed by atoms with Crippen molar-refractivity contribution < 1.29 is 28.6 Å². The van der Waals surface area contributed by atoms with Gasteiger partial charge in [-0.1, -0.05) is 223 Å². The van der Waals surface area contributed by atoms with Crippen LogP contribution >= 0.6 is 0 Å².